The fourth-order valence-electron chi connectivity index (χ4n) is 4.64. The normalized spacial score (nSPS) is 13.5. The maximum Gasteiger partial charge on any atom is 0.241 e. The Morgan fingerprint density at radius 3 is 2.06 bits per heavy atom. The molecular formula is C30H28N2O2S. The van der Waals surface area contributed by atoms with E-state index in [1.165, 1.54) is 5.56 Å². The number of hydrogen-bond acceptors (Lipinski definition) is 2. The number of aromatic nitrogens is 1. The van der Waals surface area contributed by atoms with Gasteiger partial charge in [0.15, 0.2) is 0 Å². The smallest absolute Gasteiger partial charge is 0.241 e. The maximum absolute atomic E-state index is 13.6. The van der Waals surface area contributed by atoms with Crippen LogP contribution in [0.1, 0.15) is 29.2 Å². The molecule has 0 aliphatic rings. The van der Waals surface area contributed by atoms with E-state index in [2.05, 4.69) is 39.8 Å². The Labute approximate surface area is 206 Å². The molecule has 1 aromatic heterocycles. The zero-order valence-corrected chi connectivity index (χ0v) is 20.7. The van der Waals surface area contributed by atoms with Gasteiger partial charge >= 0.3 is 0 Å². The fraction of sp³-hybridized carbons (Fsp3) is 0.133. The van der Waals surface area contributed by atoms with E-state index in [9.17, 15) is 8.42 Å². The number of sulfonamides is 1. The standard InChI is InChI=1S/C30H28N2O2S/c1-23-17-19-26(20-18-23)35(33,34)31-30(2,25-13-7-4-8-14-25)28-22-32(21-24-11-5-3-6-12-24)29-16-10-9-15-27(28)29/h3-20,22,31H,21H2,1-2H3/t30-/m0/s1. The van der Waals surface area contributed by atoms with Crippen molar-refractivity contribution in [1.82, 2.24) is 9.29 Å². The molecule has 0 fully saturated rings. The molecule has 0 aliphatic carbocycles. The van der Waals surface area contributed by atoms with E-state index in [-0.39, 0.29) is 4.90 Å². The van der Waals surface area contributed by atoms with Gasteiger partial charge in [0.25, 0.3) is 0 Å². The Balaban J connectivity index is 1.68. The van der Waals surface area contributed by atoms with E-state index < -0.39 is 15.6 Å². The van der Waals surface area contributed by atoms with Gasteiger partial charge < -0.3 is 4.57 Å². The second-order valence-electron chi connectivity index (χ2n) is 9.08. The summed E-state index contributed by atoms with van der Waals surface area (Å²) in [5.41, 5.74) is 4.04. The number of aryl methyl sites for hydroxylation is 1. The fourth-order valence-corrected chi connectivity index (χ4v) is 6.02. The molecule has 0 saturated carbocycles. The summed E-state index contributed by atoms with van der Waals surface area (Å²) in [6, 6.07) is 35.2. The molecule has 0 unspecified atom stereocenters. The third-order valence-corrected chi connectivity index (χ3v) is 8.11. The van der Waals surface area contributed by atoms with E-state index >= 15 is 0 Å². The molecule has 5 heteroatoms. The van der Waals surface area contributed by atoms with E-state index in [4.69, 9.17) is 0 Å². The van der Waals surface area contributed by atoms with Crippen molar-refractivity contribution in [2.75, 3.05) is 0 Å². The Bertz CT molecular complexity index is 1560. The van der Waals surface area contributed by atoms with E-state index in [1.807, 2.05) is 86.6 Å². The van der Waals surface area contributed by atoms with Crippen LogP contribution in [0.15, 0.2) is 120 Å². The molecule has 0 amide bonds. The number of nitrogens with zero attached hydrogens (tertiary/aromatic N) is 1. The summed E-state index contributed by atoms with van der Waals surface area (Å²) in [4.78, 5) is 0.248. The largest absolute Gasteiger partial charge is 0.343 e. The molecule has 0 radical (unpaired) electrons. The second-order valence-corrected chi connectivity index (χ2v) is 10.8. The number of benzene rings is 4. The van der Waals surface area contributed by atoms with Gasteiger partial charge in [0.1, 0.15) is 0 Å². The lowest BCUT2D eigenvalue weighted by atomic mass is 9.85. The summed E-state index contributed by atoms with van der Waals surface area (Å²) in [5, 5.41) is 1.02. The average Bonchev–Trinajstić information content (AvgIpc) is 3.24. The SMILES string of the molecule is Cc1ccc(S(=O)(=O)N[C@@](C)(c2ccccc2)c2cn(Cc3ccccc3)c3ccccc23)cc1. The third kappa shape index (κ3) is 4.53. The summed E-state index contributed by atoms with van der Waals surface area (Å²) in [6.07, 6.45) is 2.09. The summed E-state index contributed by atoms with van der Waals surface area (Å²) in [5.74, 6) is 0. The lowest BCUT2D eigenvalue weighted by Crippen LogP contribution is -2.44. The quantitative estimate of drug-likeness (QED) is 0.300. The van der Waals surface area contributed by atoms with Crippen LogP contribution in [0.5, 0.6) is 0 Å². The minimum atomic E-state index is -3.81. The number of nitrogens with one attached hydrogen (secondary N) is 1. The van der Waals surface area contributed by atoms with Gasteiger partial charge in [-0.1, -0.05) is 96.6 Å². The molecule has 35 heavy (non-hydrogen) atoms. The van der Waals surface area contributed by atoms with Crippen LogP contribution < -0.4 is 4.72 Å². The topological polar surface area (TPSA) is 51.1 Å². The van der Waals surface area contributed by atoms with Crippen LogP contribution in [-0.4, -0.2) is 13.0 Å². The monoisotopic (exact) mass is 480 g/mol. The number of rotatable bonds is 7. The number of para-hydroxylation sites is 1. The molecule has 1 atom stereocenters. The zero-order valence-electron chi connectivity index (χ0n) is 19.8. The van der Waals surface area contributed by atoms with Crippen LogP contribution in [-0.2, 0) is 22.1 Å². The molecule has 4 aromatic carbocycles. The molecule has 176 valence electrons. The van der Waals surface area contributed by atoms with E-state index in [0.29, 0.717) is 6.54 Å². The van der Waals surface area contributed by atoms with Crippen LogP contribution in [0.4, 0.5) is 0 Å². The predicted molar refractivity (Wildman–Crippen MR) is 142 cm³/mol. The average molecular weight is 481 g/mol. The third-order valence-electron chi connectivity index (χ3n) is 6.54. The summed E-state index contributed by atoms with van der Waals surface area (Å²) in [6.45, 7) is 4.58. The summed E-state index contributed by atoms with van der Waals surface area (Å²) >= 11 is 0. The summed E-state index contributed by atoms with van der Waals surface area (Å²) in [7, 11) is -3.81. The van der Waals surface area contributed by atoms with Crippen LogP contribution in [0.2, 0.25) is 0 Å². The van der Waals surface area contributed by atoms with Crippen molar-refractivity contribution < 1.29 is 8.42 Å². The van der Waals surface area contributed by atoms with Gasteiger partial charge in [-0.05, 0) is 43.2 Å². The molecule has 4 nitrogen and oxygen atoms in total. The van der Waals surface area contributed by atoms with Crippen LogP contribution >= 0.6 is 0 Å². The lowest BCUT2D eigenvalue weighted by molar-refractivity contribution is 0.504. The van der Waals surface area contributed by atoms with E-state index in [1.54, 1.807) is 12.1 Å². The molecule has 0 saturated heterocycles. The van der Waals surface area contributed by atoms with Gasteiger partial charge in [-0.25, -0.2) is 8.42 Å². The molecular weight excluding hydrogens is 452 g/mol. The van der Waals surface area contributed by atoms with Crippen LogP contribution in [0, 0.1) is 6.92 Å². The molecule has 5 aromatic rings. The number of fused-ring (bicyclic) bond motifs is 1. The highest BCUT2D eigenvalue weighted by molar-refractivity contribution is 7.89. The minimum absolute atomic E-state index is 0.248. The Morgan fingerprint density at radius 1 is 0.771 bits per heavy atom. The van der Waals surface area contributed by atoms with Crippen molar-refractivity contribution in [2.24, 2.45) is 0 Å². The highest BCUT2D eigenvalue weighted by atomic mass is 32.2. The second kappa shape index (κ2) is 9.17. The van der Waals surface area contributed by atoms with E-state index in [0.717, 1.165) is 27.6 Å². The van der Waals surface area contributed by atoms with Gasteiger partial charge in [0, 0.05) is 29.2 Å². The Morgan fingerprint density at radius 2 is 1.37 bits per heavy atom. The first-order valence-corrected chi connectivity index (χ1v) is 13.1. The highest BCUT2D eigenvalue weighted by Crippen LogP contribution is 2.37. The molecule has 0 spiro atoms. The van der Waals surface area contributed by atoms with Gasteiger partial charge in [0.2, 0.25) is 10.0 Å². The molecule has 5 rings (SSSR count). The molecule has 0 bridgehead atoms. The minimum Gasteiger partial charge on any atom is -0.343 e. The summed E-state index contributed by atoms with van der Waals surface area (Å²) < 4.78 is 32.5. The van der Waals surface area contributed by atoms with Crippen LogP contribution in [0.25, 0.3) is 10.9 Å². The van der Waals surface area contributed by atoms with Gasteiger partial charge in [-0.2, -0.15) is 4.72 Å². The first-order chi connectivity index (χ1) is 16.9. The molecule has 0 aliphatic heterocycles. The first kappa shape index (κ1) is 23.1. The predicted octanol–water partition coefficient (Wildman–Crippen LogP) is 6.24. The maximum atomic E-state index is 13.6. The van der Waals surface area contributed by atoms with Crippen molar-refractivity contribution >= 4 is 20.9 Å². The van der Waals surface area contributed by atoms with Gasteiger partial charge in [-0.3, -0.25) is 0 Å². The van der Waals surface area contributed by atoms with Crippen LogP contribution in [0.3, 0.4) is 0 Å². The van der Waals surface area contributed by atoms with Crippen molar-refractivity contribution in [3.05, 3.63) is 138 Å². The van der Waals surface area contributed by atoms with Crippen molar-refractivity contribution in [2.45, 2.75) is 30.8 Å². The first-order valence-electron chi connectivity index (χ1n) is 11.7. The van der Waals surface area contributed by atoms with Gasteiger partial charge in [0.05, 0.1) is 10.4 Å². The van der Waals surface area contributed by atoms with Crippen molar-refractivity contribution in [3.63, 3.8) is 0 Å². The lowest BCUT2D eigenvalue weighted by Gasteiger charge is -2.31. The molecule has 1 N–H and O–H groups in total. The highest BCUT2D eigenvalue weighted by Gasteiger charge is 2.36. The van der Waals surface area contributed by atoms with Gasteiger partial charge in [-0.15, -0.1) is 0 Å². The zero-order chi connectivity index (χ0) is 24.5. The number of hydrogen-bond donors (Lipinski definition) is 1. The van der Waals surface area contributed by atoms with Crippen molar-refractivity contribution in [1.29, 1.82) is 0 Å². The Kier molecular flexibility index (Phi) is 6.05. The molecule has 1 heterocycles. The Hall–Kier alpha value is -3.67. The van der Waals surface area contributed by atoms with Crippen molar-refractivity contribution in [3.8, 4) is 0 Å².